The van der Waals surface area contributed by atoms with Gasteiger partial charge in [0.15, 0.2) is 11.5 Å². The van der Waals surface area contributed by atoms with E-state index in [1.807, 2.05) is 32.0 Å². The fraction of sp³-hybridized carbons (Fsp3) is 0.350. The zero-order valence-corrected chi connectivity index (χ0v) is 14.4. The zero-order valence-electron chi connectivity index (χ0n) is 14.4. The average molecular weight is 327 g/mol. The van der Waals surface area contributed by atoms with Crippen molar-refractivity contribution in [3.8, 4) is 11.5 Å². The zero-order chi connectivity index (χ0) is 17.2. The molecule has 2 aromatic rings. The van der Waals surface area contributed by atoms with Crippen LogP contribution in [0, 0.1) is 0 Å². The summed E-state index contributed by atoms with van der Waals surface area (Å²) in [5, 5.41) is 2.95. The molecular weight excluding hydrogens is 302 g/mol. The fourth-order valence-electron chi connectivity index (χ4n) is 2.43. The molecule has 0 bridgehead atoms. The molecular formula is C20H25NO3. The van der Waals surface area contributed by atoms with Crippen LogP contribution in [0.25, 0.3) is 0 Å². The highest BCUT2D eigenvalue weighted by Gasteiger charge is 2.11. The van der Waals surface area contributed by atoms with Crippen molar-refractivity contribution >= 4 is 5.91 Å². The molecule has 0 spiro atoms. The first-order valence-electron chi connectivity index (χ1n) is 8.46. The second-order valence-electron chi connectivity index (χ2n) is 5.37. The summed E-state index contributed by atoms with van der Waals surface area (Å²) in [5.74, 6) is 1.18. The summed E-state index contributed by atoms with van der Waals surface area (Å²) >= 11 is 0. The van der Waals surface area contributed by atoms with Crippen molar-refractivity contribution in [2.75, 3.05) is 19.8 Å². The molecule has 24 heavy (non-hydrogen) atoms. The van der Waals surface area contributed by atoms with Gasteiger partial charge in [0.1, 0.15) is 0 Å². The molecule has 2 aromatic carbocycles. The van der Waals surface area contributed by atoms with E-state index in [1.165, 1.54) is 5.56 Å². The predicted molar refractivity (Wildman–Crippen MR) is 95.9 cm³/mol. The minimum atomic E-state index is -0.0907. The Balaban J connectivity index is 1.88. The van der Waals surface area contributed by atoms with Gasteiger partial charge in [0.05, 0.1) is 13.2 Å². The van der Waals surface area contributed by atoms with Gasteiger partial charge in [-0.2, -0.15) is 0 Å². The standard InChI is InChI=1S/C20H25NO3/c1-3-23-18-13-12-17(15-19(18)24-4-2)20(22)21-14-8-11-16-9-6-5-7-10-16/h5-7,9-10,12-13,15H,3-4,8,11,14H2,1-2H3,(H,21,22). The van der Waals surface area contributed by atoms with Crippen LogP contribution in [-0.4, -0.2) is 25.7 Å². The topological polar surface area (TPSA) is 47.6 Å². The molecule has 1 N–H and O–H groups in total. The van der Waals surface area contributed by atoms with Crippen LogP contribution >= 0.6 is 0 Å². The van der Waals surface area contributed by atoms with E-state index in [0.717, 1.165) is 12.8 Å². The van der Waals surface area contributed by atoms with Crippen LogP contribution in [0.15, 0.2) is 48.5 Å². The Hall–Kier alpha value is -2.49. The van der Waals surface area contributed by atoms with E-state index >= 15 is 0 Å². The summed E-state index contributed by atoms with van der Waals surface area (Å²) in [6.45, 7) is 5.56. The van der Waals surface area contributed by atoms with Crippen molar-refractivity contribution in [1.29, 1.82) is 0 Å². The molecule has 0 heterocycles. The monoisotopic (exact) mass is 327 g/mol. The summed E-state index contributed by atoms with van der Waals surface area (Å²) in [7, 11) is 0. The first kappa shape index (κ1) is 17.9. The first-order valence-corrected chi connectivity index (χ1v) is 8.46. The minimum absolute atomic E-state index is 0.0907. The van der Waals surface area contributed by atoms with Crippen molar-refractivity contribution in [2.24, 2.45) is 0 Å². The SMILES string of the molecule is CCOc1ccc(C(=O)NCCCc2ccccc2)cc1OCC. The van der Waals surface area contributed by atoms with E-state index in [2.05, 4.69) is 17.4 Å². The third-order valence-electron chi connectivity index (χ3n) is 3.58. The molecule has 0 radical (unpaired) electrons. The number of carbonyl (C=O) groups is 1. The predicted octanol–water partition coefficient (Wildman–Crippen LogP) is 3.85. The van der Waals surface area contributed by atoms with Crippen molar-refractivity contribution in [3.63, 3.8) is 0 Å². The fourth-order valence-corrected chi connectivity index (χ4v) is 2.43. The lowest BCUT2D eigenvalue weighted by Gasteiger charge is -2.12. The summed E-state index contributed by atoms with van der Waals surface area (Å²) in [6.07, 6.45) is 1.86. The van der Waals surface area contributed by atoms with Crippen LogP contribution in [0.3, 0.4) is 0 Å². The Labute approximate surface area is 143 Å². The molecule has 0 saturated carbocycles. The Morgan fingerprint density at radius 3 is 2.38 bits per heavy atom. The largest absolute Gasteiger partial charge is 0.490 e. The van der Waals surface area contributed by atoms with Crippen LogP contribution < -0.4 is 14.8 Å². The smallest absolute Gasteiger partial charge is 0.251 e. The van der Waals surface area contributed by atoms with E-state index in [4.69, 9.17) is 9.47 Å². The van der Waals surface area contributed by atoms with Gasteiger partial charge < -0.3 is 14.8 Å². The summed E-state index contributed by atoms with van der Waals surface area (Å²) in [5.41, 5.74) is 1.87. The second kappa shape index (κ2) is 9.60. The quantitative estimate of drug-likeness (QED) is 0.712. The highest BCUT2D eigenvalue weighted by atomic mass is 16.5. The van der Waals surface area contributed by atoms with Crippen LogP contribution in [0.1, 0.15) is 36.2 Å². The van der Waals surface area contributed by atoms with Crippen molar-refractivity contribution < 1.29 is 14.3 Å². The molecule has 0 unspecified atom stereocenters. The summed E-state index contributed by atoms with van der Waals surface area (Å²) < 4.78 is 11.1. The van der Waals surface area contributed by atoms with Gasteiger partial charge >= 0.3 is 0 Å². The number of benzene rings is 2. The Bertz CT molecular complexity index is 641. The number of hydrogen-bond donors (Lipinski definition) is 1. The molecule has 0 atom stereocenters. The molecule has 0 aliphatic carbocycles. The van der Waals surface area contributed by atoms with Gasteiger partial charge in [0, 0.05) is 12.1 Å². The van der Waals surface area contributed by atoms with Crippen LogP contribution in [0.5, 0.6) is 11.5 Å². The van der Waals surface area contributed by atoms with Crippen LogP contribution in [0.2, 0.25) is 0 Å². The van der Waals surface area contributed by atoms with E-state index in [-0.39, 0.29) is 5.91 Å². The average Bonchev–Trinajstić information content (AvgIpc) is 2.61. The molecule has 4 nitrogen and oxygen atoms in total. The maximum absolute atomic E-state index is 12.3. The number of nitrogens with one attached hydrogen (secondary N) is 1. The summed E-state index contributed by atoms with van der Waals surface area (Å²) in [4.78, 5) is 12.3. The third kappa shape index (κ3) is 5.30. The van der Waals surface area contributed by atoms with Gasteiger partial charge in [-0.05, 0) is 50.5 Å². The molecule has 0 aromatic heterocycles. The van der Waals surface area contributed by atoms with Gasteiger partial charge in [-0.1, -0.05) is 30.3 Å². The molecule has 4 heteroatoms. The van der Waals surface area contributed by atoms with Gasteiger partial charge in [-0.25, -0.2) is 0 Å². The molecule has 128 valence electrons. The normalized spacial score (nSPS) is 10.2. The molecule has 0 saturated heterocycles. The number of carbonyl (C=O) groups excluding carboxylic acids is 1. The number of amides is 1. The molecule has 0 fully saturated rings. The first-order chi connectivity index (χ1) is 11.7. The second-order valence-corrected chi connectivity index (χ2v) is 5.37. The molecule has 1 amide bonds. The number of hydrogen-bond acceptors (Lipinski definition) is 3. The third-order valence-corrected chi connectivity index (χ3v) is 3.58. The number of ether oxygens (including phenoxy) is 2. The lowest BCUT2D eigenvalue weighted by Crippen LogP contribution is -2.24. The molecule has 2 rings (SSSR count). The Morgan fingerprint density at radius 1 is 0.958 bits per heavy atom. The lowest BCUT2D eigenvalue weighted by atomic mass is 10.1. The number of rotatable bonds is 9. The van der Waals surface area contributed by atoms with Gasteiger partial charge in [-0.3, -0.25) is 4.79 Å². The number of aryl methyl sites for hydroxylation is 1. The maximum atomic E-state index is 12.3. The highest BCUT2D eigenvalue weighted by molar-refractivity contribution is 5.94. The van der Waals surface area contributed by atoms with Crippen LogP contribution in [0.4, 0.5) is 0 Å². The van der Waals surface area contributed by atoms with E-state index < -0.39 is 0 Å². The minimum Gasteiger partial charge on any atom is -0.490 e. The van der Waals surface area contributed by atoms with Crippen molar-refractivity contribution in [3.05, 3.63) is 59.7 Å². The maximum Gasteiger partial charge on any atom is 0.251 e. The van der Waals surface area contributed by atoms with Gasteiger partial charge in [0.2, 0.25) is 0 Å². The Morgan fingerprint density at radius 2 is 1.67 bits per heavy atom. The Kier molecular flexibility index (Phi) is 7.15. The van der Waals surface area contributed by atoms with Crippen LogP contribution in [-0.2, 0) is 6.42 Å². The summed E-state index contributed by atoms with van der Waals surface area (Å²) in [6, 6.07) is 15.6. The highest BCUT2D eigenvalue weighted by Crippen LogP contribution is 2.28. The van der Waals surface area contributed by atoms with E-state index in [1.54, 1.807) is 18.2 Å². The van der Waals surface area contributed by atoms with Crippen molar-refractivity contribution in [2.45, 2.75) is 26.7 Å². The van der Waals surface area contributed by atoms with E-state index in [9.17, 15) is 4.79 Å². The molecule has 0 aliphatic rings. The molecule has 0 aliphatic heterocycles. The van der Waals surface area contributed by atoms with Gasteiger partial charge in [-0.15, -0.1) is 0 Å². The van der Waals surface area contributed by atoms with Gasteiger partial charge in [0.25, 0.3) is 5.91 Å². The lowest BCUT2D eigenvalue weighted by molar-refractivity contribution is 0.0952. The van der Waals surface area contributed by atoms with E-state index in [0.29, 0.717) is 36.8 Å². The van der Waals surface area contributed by atoms with Crippen molar-refractivity contribution in [1.82, 2.24) is 5.32 Å².